The molecule has 1 aliphatic heterocycles. The van der Waals surface area contributed by atoms with E-state index in [0.717, 1.165) is 11.3 Å². The number of aromatic nitrogens is 1. The van der Waals surface area contributed by atoms with Crippen LogP contribution in [0.25, 0.3) is 0 Å². The van der Waals surface area contributed by atoms with Crippen LogP contribution in [0.2, 0.25) is 0 Å². The predicted octanol–water partition coefficient (Wildman–Crippen LogP) is -1.12. The number of nitrogen functional groups attached to an aromatic ring is 2. The van der Waals surface area contributed by atoms with Crippen LogP contribution in [0.15, 0.2) is 34.8 Å². The highest BCUT2D eigenvalue weighted by molar-refractivity contribution is 7.84. The van der Waals surface area contributed by atoms with Gasteiger partial charge in [0, 0.05) is 17.4 Å². The fourth-order valence-electron chi connectivity index (χ4n) is 3.26. The Hall–Kier alpha value is -4.09. The van der Waals surface area contributed by atoms with E-state index < -0.39 is 46.3 Å². The highest BCUT2D eigenvalue weighted by Gasteiger charge is 2.56. The van der Waals surface area contributed by atoms with Crippen LogP contribution in [0, 0.1) is 11.3 Å². The maximum atomic E-state index is 12.9. The third-order valence-electron chi connectivity index (χ3n) is 4.91. The molecule has 1 fully saturated rings. The van der Waals surface area contributed by atoms with Gasteiger partial charge < -0.3 is 26.8 Å². The Morgan fingerprint density at radius 2 is 1.89 bits per heavy atom. The molecule has 1 saturated heterocycles. The lowest BCUT2D eigenvalue weighted by molar-refractivity contribution is -0.154. The van der Waals surface area contributed by atoms with E-state index in [-0.39, 0.29) is 39.9 Å². The number of thiazole rings is 1. The topological polar surface area (TPSA) is 254 Å². The Balaban J connectivity index is 1.67. The maximum absolute atomic E-state index is 12.9. The molecule has 1 aliphatic rings. The quantitative estimate of drug-likeness (QED) is 0.0539. The molecule has 15 nitrogen and oxygen atoms in total. The molecule has 17 heteroatoms. The van der Waals surface area contributed by atoms with Crippen LogP contribution >= 0.6 is 11.3 Å². The highest BCUT2D eigenvalue weighted by atomic mass is 32.2. The van der Waals surface area contributed by atoms with Gasteiger partial charge in [0.2, 0.25) is 11.8 Å². The number of amides is 2. The number of carbonyl (C=O) groups is 3. The van der Waals surface area contributed by atoms with E-state index in [2.05, 4.69) is 10.1 Å². The van der Waals surface area contributed by atoms with Crippen LogP contribution in [-0.2, 0) is 29.5 Å². The number of ether oxygens (including phenoxy) is 1. The molecule has 2 aromatic rings. The molecule has 0 unspecified atom stereocenters. The monoisotopic (exact) mass is 539 g/mol. The summed E-state index contributed by atoms with van der Waals surface area (Å²) in [6.07, 6.45) is -0.656. The van der Waals surface area contributed by atoms with Crippen LogP contribution in [0.3, 0.4) is 0 Å². The SMILES string of the molecule is N=C(N)c1ccc(OCCO/N=C(\C(=O)C[C@@H]2C(=O)N(S(=O)(=O)O)[C@@H]2C(N)=O)c2csc(N)n2)cc1. The van der Waals surface area contributed by atoms with Gasteiger partial charge in [0.25, 0.3) is 0 Å². The fourth-order valence-corrected chi connectivity index (χ4v) is 4.71. The molecule has 36 heavy (non-hydrogen) atoms. The number of benzene rings is 1. The Kier molecular flexibility index (Phi) is 7.86. The van der Waals surface area contributed by atoms with E-state index in [1.807, 2.05) is 0 Å². The van der Waals surface area contributed by atoms with Crippen molar-refractivity contribution in [3.63, 3.8) is 0 Å². The van der Waals surface area contributed by atoms with E-state index >= 15 is 0 Å². The minimum atomic E-state index is -5.04. The van der Waals surface area contributed by atoms with Crippen molar-refractivity contribution in [3.8, 4) is 5.75 Å². The van der Waals surface area contributed by atoms with E-state index in [9.17, 15) is 22.8 Å². The average Bonchev–Trinajstić information content (AvgIpc) is 3.22. The lowest BCUT2D eigenvalue weighted by atomic mass is 9.84. The number of hydrogen-bond donors (Lipinski definition) is 5. The summed E-state index contributed by atoms with van der Waals surface area (Å²) >= 11 is 1.01. The molecular formula is C19H21N7O8S2. The number of oxime groups is 1. The van der Waals surface area contributed by atoms with E-state index in [0.29, 0.717) is 11.3 Å². The normalized spacial score (nSPS) is 17.9. The minimum absolute atomic E-state index is 0.0256. The Morgan fingerprint density at radius 1 is 1.22 bits per heavy atom. The first kappa shape index (κ1) is 26.5. The number of hydrogen-bond acceptors (Lipinski definition) is 12. The highest BCUT2D eigenvalue weighted by Crippen LogP contribution is 2.32. The standard InChI is InChI=1S/C19H21N7O8S2/c20-16(21)9-1-3-10(4-2-9)33-5-6-34-25-14(12-8-35-19(23)24-12)13(27)7-11-15(17(22)28)26(18(11)29)36(30,31)32/h1-4,8,11,15H,5-7H2,(H3,20,21)(H2,22,28)(H2,23,24)(H,30,31,32)/b25-14-/t11-,15-/m0/s1. The van der Waals surface area contributed by atoms with Crippen molar-refractivity contribution in [1.29, 1.82) is 5.41 Å². The molecule has 0 saturated carbocycles. The van der Waals surface area contributed by atoms with Gasteiger partial charge in [0.1, 0.15) is 29.9 Å². The second kappa shape index (κ2) is 10.7. The van der Waals surface area contributed by atoms with E-state index in [4.69, 9.17) is 36.7 Å². The average molecular weight is 540 g/mol. The molecule has 2 heterocycles. The Morgan fingerprint density at radius 3 is 2.42 bits per heavy atom. The Bertz CT molecular complexity index is 1320. The van der Waals surface area contributed by atoms with Gasteiger partial charge in [-0.15, -0.1) is 11.3 Å². The summed E-state index contributed by atoms with van der Waals surface area (Å²) in [7, 11) is -5.04. The summed E-state index contributed by atoms with van der Waals surface area (Å²) in [5.41, 5.74) is 16.4. The number of β-lactam (4-membered cyclic amide) rings is 1. The lowest BCUT2D eigenvalue weighted by Gasteiger charge is -2.41. The van der Waals surface area contributed by atoms with E-state index in [1.165, 1.54) is 5.38 Å². The number of primary amides is 1. The van der Waals surface area contributed by atoms with Gasteiger partial charge in [-0.3, -0.25) is 24.3 Å². The van der Waals surface area contributed by atoms with Crippen molar-refractivity contribution in [1.82, 2.24) is 9.29 Å². The largest absolute Gasteiger partial charge is 0.490 e. The van der Waals surface area contributed by atoms with Crippen molar-refractivity contribution in [2.75, 3.05) is 18.9 Å². The molecule has 1 aromatic heterocycles. The van der Waals surface area contributed by atoms with Gasteiger partial charge in [-0.25, -0.2) is 9.29 Å². The van der Waals surface area contributed by atoms with Gasteiger partial charge in [-0.2, -0.15) is 8.42 Å². The number of anilines is 1. The molecule has 0 aliphatic carbocycles. The molecule has 192 valence electrons. The van der Waals surface area contributed by atoms with Crippen LogP contribution < -0.4 is 21.9 Å². The molecule has 1 aromatic carbocycles. The predicted molar refractivity (Wildman–Crippen MR) is 126 cm³/mol. The summed E-state index contributed by atoms with van der Waals surface area (Å²) in [5, 5.41) is 12.7. The molecular weight excluding hydrogens is 518 g/mol. The van der Waals surface area contributed by atoms with Gasteiger partial charge in [-0.05, 0) is 24.3 Å². The summed E-state index contributed by atoms with van der Waals surface area (Å²) < 4.78 is 37.3. The number of nitrogens with one attached hydrogen (secondary N) is 1. The Labute approximate surface area is 208 Å². The van der Waals surface area contributed by atoms with Gasteiger partial charge in [0.05, 0.1) is 5.92 Å². The molecule has 8 N–H and O–H groups in total. The first-order valence-corrected chi connectivity index (χ1v) is 12.3. The van der Waals surface area contributed by atoms with Crippen molar-refractivity contribution >= 4 is 55.9 Å². The van der Waals surface area contributed by atoms with E-state index in [1.54, 1.807) is 24.3 Å². The van der Waals surface area contributed by atoms with Crippen molar-refractivity contribution < 1.29 is 36.9 Å². The zero-order chi connectivity index (χ0) is 26.6. The molecule has 2 atom stereocenters. The minimum Gasteiger partial charge on any atom is -0.490 e. The van der Waals surface area contributed by atoms with Crippen LogP contribution in [0.4, 0.5) is 5.13 Å². The van der Waals surface area contributed by atoms with Crippen molar-refractivity contribution in [3.05, 3.63) is 40.9 Å². The molecule has 0 spiro atoms. The summed E-state index contributed by atoms with van der Waals surface area (Å²) in [6, 6.07) is 4.68. The first-order valence-electron chi connectivity index (χ1n) is 10.0. The lowest BCUT2D eigenvalue weighted by Crippen LogP contribution is -2.67. The number of Topliss-reactive ketones (excluding diaryl/α,β-unsaturated/α-hetero) is 1. The summed E-state index contributed by atoms with van der Waals surface area (Å²) in [4.78, 5) is 45.9. The summed E-state index contributed by atoms with van der Waals surface area (Å²) in [6.45, 7) is -0.0779. The number of rotatable bonds is 12. The number of amidine groups is 1. The number of carbonyl (C=O) groups excluding carboxylic acids is 3. The second-order valence-corrected chi connectivity index (χ2v) is 9.50. The third-order valence-corrected chi connectivity index (χ3v) is 6.48. The summed E-state index contributed by atoms with van der Waals surface area (Å²) in [5.74, 6) is -4.24. The van der Waals surface area contributed by atoms with Crippen LogP contribution in [0.1, 0.15) is 17.7 Å². The number of ketones is 1. The van der Waals surface area contributed by atoms with Crippen LogP contribution in [0.5, 0.6) is 5.75 Å². The molecule has 3 rings (SSSR count). The number of nitrogens with zero attached hydrogens (tertiary/aromatic N) is 3. The van der Waals surface area contributed by atoms with Gasteiger partial charge in [0.15, 0.2) is 23.2 Å². The fraction of sp³-hybridized carbons (Fsp3) is 0.263. The molecule has 0 bridgehead atoms. The second-order valence-electron chi connectivity index (χ2n) is 7.32. The van der Waals surface area contributed by atoms with Gasteiger partial charge in [-0.1, -0.05) is 5.16 Å². The smallest absolute Gasteiger partial charge is 0.362 e. The number of nitrogens with two attached hydrogens (primary N) is 3. The van der Waals surface area contributed by atoms with Crippen molar-refractivity contribution in [2.24, 2.45) is 22.5 Å². The van der Waals surface area contributed by atoms with Crippen LogP contribution in [-0.4, -0.2) is 70.7 Å². The molecule has 2 amide bonds. The zero-order valence-electron chi connectivity index (χ0n) is 18.4. The maximum Gasteiger partial charge on any atom is 0.362 e. The van der Waals surface area contributed by atoms with Gasteiger partial charge >= 0.3 is 10.3 Å². The first-order chi connectivity index (χ1) is 16.9. The molecule has 0 radical (unpaired) electrons. The van der Waals surface area contributed by atoms with Crippen molar-refractivity contribution in [2.45, 2.75) is 12.5 Å². The zero-order valence-corrected chi connectivity index (χ0v) is 20.0. The third kappa shape index (κ3) is 5.93.